The Morgan fingerprint density at radius 2 is 1.69 bits per heavy atom. The number of rotatable bonds is 8. The van der Waals surface area contributed by atoms with Crippen LogP contribution in [0.4, 0.5) is 0 Å². The molecule has 2 aromatic rings. The number of hydrogen-bond donors (Lipinski definition) is 1. The number of nitrogens with zero attached hydrogens (tertiary/aromatic N) is 1. The molecule has 0 atom stereocenters. The van der Waals surface area contributed by atoms with Gasteiger partial charge in [0.05, 0.1) is 0 Å². The molecular formula is C20H23NO4S. The molecule has 0 aliphatic carbocycles. The van der Waals surface area contributed by atoms with Crippen LogP contribution in [0.1, 0.15) is 29.8 Å². The lowest BCUT2D eigenvalue weighted by molar-refractivity contribution is -0.139. The van der Waals surface area contributed by atoms with Gasteiger partial charge in [-0.15, -0.1) is 11.8 Å². The molecule has 2 rings (SSSR count). The number of carbonyl (C=O) groups excluding carboxylic acids is 1. The maximum Gasteiger partial charge on any atom is 0.341 e. The molecular weight excluding hydrogens is 350 g/mol. The van der Waals surface area contributed by atoms with Crippen molar-refractivity contribution in [2.24, 2.45) is 0 Å². The fraction of sp³-hybridized carbons (Fsp3) is 0.300. The van der Waals surface area contributed by atoms with Crippen molar-refractivity contribution in [3.63, 3.8) is 0 Å². The first-order chi connectivity index (χ1) is 12.3. The Balaban J connectivity index is 1.94. The zero-order valence-corrected chi connectivity index (χ0v) is 16.0. The van der Waals surface area contributed by atoms with E-state index in [-0.39, 0.29) is 12.5 Å². The summed E-state index contributed by atoms with van der Waals surface area (Å²) in [6, 6.07) is 14.7. The van der Waals surface area contributed by atoms with E-state index in [1.54, 1.807) is 35.8 Å². The van der Waals surface area contributed by atoms with Gasteiger partial charge < -0.3 is 14.7 Å². The summed E-state index contributed by atoms with van der Waals surface area (Å²) in [5.41, 5.74) is 1.59. The monoisotopic (exact) mass is 373 g/mol. The summed E-state index contributed by atoms with van der Waals surface area (Å²) in [7, 11) is 1.76. The largest absolute Gasteiger partial charge is 0.482 e. The summed E-state index contributed by atoms with van der Waals surface area (Å²) in [5.74, 6) is -0.571. The van der Waals surface area contributed by atoms with Crippen molar-refractivity contribution in [1.29, 1.82) is 0 Å². The molecule has 5 nitrogen and oxygen atoms in total. The van der Waals surface area contributed by atoms with Crippen molar-refractivity contribution < 1.29 is 19.4 Å². The van der Waals surface area contributed by atoms with E-state index < -0.39 is 5.97 Å². The van der Waals surface area contributed by atoms with E-state index in [4.69, 9.17) is 9.84 Å². The van der Waals surface area contributed by atoms with Crippen molar-refractivity contribution in [3.05, 3.63) is 59.7 Å². The number of benzene rings is 2. The summed E-state index contributed by atoms with van der Waals surface area (Å²) >= 11 is 1.76. The molecule has 0 aliphatic rings. The molecule has 1 amide bonds. The van der Waals surface area contributed by atoms with Crippen molar-refractivity contribution in [1.82, 2.24) is 4.90 Å². The van der Waals surface area contributed by atoms with Gasteiger partial charge in [-0.1, -0.05) is 26.0 Å². The number of carboxylic acids is 1. The molecule has 0 spiro atoms. The van der Waals surface area contributed by atoms with E-state index in [0.29, 0.717) is 23.1 Å². The minimum absolute atomic E-state index is 0.0442. The van der Waals surface area contributed by atoms with E-state index in [9.17, 15) is 9.59 Å². The molecule has 0 unspecified atom stereocenters. The molecule has 0 aliphatic heterocycles. The topological polar surface area (TPSA) is 66.8 Å². The Morgan fingerprint density at radius 3 is 2.23 bits per heavy atom. The third-order valence-electron chi connectivity index (χ3n) is 3.53. The summed E-state index contributed by atoms with van der Waals surface area (Å²) in [6.07, 6.45) is 0. The van der Waals surface area contributed by atoms with Crippen LogP contribution in [-0.2, 0) is 11.3 Å². The number of amides is 1. The maximum atomic E-state index is 12.6. The van der Waals surface area contributed by atoms with Gasteiger partial charge >= 0.3 is 5.97 Å². The average molecular weight is 373 g/mol. The highest BCUT2D eigenvalue weighted by Gasteiger charge is 2.12. The Kier molecular flexibility index (Phi) is 7.09. The number of ether oxygens (including phenoxy) is 1. The van der Waals surface area contributed by atoms with Gasteiger partial charge in [0, 0.05) is 29.3 Å². The van der Waals surface area contributed by atoms with Crippen LogP contribution in [0.15, 0.2) is 53.4 Å². The van der Waals surface area contributed by atoms with Crippen LogP contribution < -0.4 is 4.74 Å². The van der Waals surface area contributed by atoms with Crippen LogP contribution in [0.2, 0.25) is 0 Å². The van der Waals surface area contributed by atoms with E-state index in [1.807, 2.05) is 36.4 Å². The van der Waals surface area contributed by atoms with Crippen LogP contribution in [0.25, 0.3) is 0 Å². The van der Waals surface area contributed by atoms with E-state index >= 15 is 0 Å². The highest BCUT2D eigenvalue weighted by Crippen LogP contribution is 2.23. The van der Waals surface area contributed by atoms with Crippen molar-refractivity contribution >= 4 is 23.6 Å². The lowest BCUT2D eigenvalue weighted by Gasteiger charge is -2.18. The molecule has 1 N–H and O–H groups in total. The van der Waals surface area contributed by atoms with Crippen molar-refractivity contribution in [2.75, 3.05) is 13.7 Å². The standard InChI is InChI=1S/C20H23NO4S/c1-14(2)26-18-10-6-16(7-11-18)20(24)21(3)12-15-4-8-17(9-5-15)25-13-19(22)23/h4-11,14H,12-13H2,1-3H3,(H,22,23). The number of carbonyl (C=O) groups is 2. The number of hydrogen-bond acceptors (Lipinski definition) is 4. The van der Waals surface area contributed by atoms with Gasteiger partial charge in [-0.05, 0) is 42.0 Å². The van der Waals surface area contributed by atoms with Crippen molar-refractivity contribution in [2.45, 2.75) is 30.5 Å². The fourth-order valence-electron chi connectivity index (χ4n) is 2.35. The lowest BCUT2D eigenvalue weighted by atomic mass is 10.1. The molecule has 26 heavy (non-hydrogen) atoms. The first-order valence-corrected chi connectivity index (χ1v) is 9.19. The van der Waals surface area contributed by atoms with Crippen LogP contribution in [0.5, 0.6) is 5.75 Å². The first-order valence-electron chi connectivity index (χ1n) is 8.31. The highest BCUT2D eigenvalue weighted by molar-refractivity contribution is 7.99. The first kappa shape index (κ1) is 19.8. The van der Waals surface area contributed by atoms with Crippen molar-refractivity contribution in [3.8, 4) is 5.75 Å². The Labute approximate surface area is 158 Å². The number of thioether (sulfide) groups is 1. The van der Waals surface area contributed by atoms with E-state index in [0.717, 1.165) is 10.5 Å². The summed E-state index contributed by atoms with van der Waals surface area (Å²) in [5, 5.41) is 9.11. The summed E-state index contributed by atoms with van der Waals surface area (Å²) in [4.78, 5) is 25.9. The van der Waals surface area contributed by atoms with Crippen LogP contribution in [0.3, 0.4) is 0 Å². The zero-order chi connectivity index (χ0) is 19.1. The smallest absolute Gasteiger partial charge is 0.341 e. The molecule has 0 bridgehead atoms. The molecule has 0 radical (unpaired) electrons. The van der Waals surface area contributed by atoms with Gasteiger partial charge in [-0.25, -0.2) is 4.79 Å². The molecule has 0 fully saturated rings. The molecule has 0 aromatic heterocycles. The number of carboxylic acid groups (broad SMARTS) is 1. The Hall–Kier alpha value is -2.47. The second-order valence-corrected chi connectivity index (χ2v) is 7.83. The number of aliphatic carboxylic acids is 1. The van der Waals surface area contributed by atoms with Gasteiger partial charge in [-0.2, -0.15) is 0 Å². The Bertz CT molecular complexity index is 741. The van der Waals surface area contributed by atoms with E-state index in [1.165, 1.54) is 0 Å². The van der Waals surface area contributed by atoms with Crippen LogP contribution in [0, 0.1) is 0 Å². The third kappa shape index (κ3) is 6.11. The van der Waals surface area contributed by atoms with Crippen LogP contribution >= 0.6 is 11.8 Å². The maximum absolute atomic E-state index is 12.6. The second kappa shape index (κ2) is 9.29. The predicted molar refractivity (Wildman–Crippen MR) is 103 cm³/mol. The zero-order valence-electron chi connectivity index (χ0n) is 15.1. The van der Waals surface area contributed by atoms with Gasteiger partial charge in [0.2, 0.25) is 0 Å². The summed E-state index contributed by atoms with van der Waals surface area (Å²) < 4.78 is 5.10. The quantitative estimate of drug-likeness (QED) is 0.711. The average Bonchev–Trinajstić information content (AvgIpc) is 2.60. The predicted octanol–water partition coefficient (Wildman–Crippen LogP) is 3.92. The van der Waals surface area contributed by atoms with E-state index in [2.05, 4.69) is 13.8 Å². The molecule has 2 aromatic carbocycles. The van der Waals surface area contributed by atoms with Crippen LogP contribution in [-0.4, -0.2) is 40.8 Å². The molecule has 0 heterocycles. The molecule has 0 saturated carbocycles. The summed E-state index contributed by atoms with van der Waals surface area (Å²) in [6.45, 7) is 4.36. The lowest BCUT2D eigenvalue weighted by Crippen LogP contribution is -2.26. The third-order valence-corrected chi connectivity index (χ3v) is 4.54. The highest BCUT2D eigenvalue weighted by atomic mass is 32.2. The molecule has 138 valence electrons. The molecule has 0 saturated heterocycles. The van der Waals surface area contributed by atoms with Gasteiger partial charge in [-0.3, -0.25) is 4.79 Å². The molecule has 6 heteroatoms. The second-order valence-electron chi connectivity index (χ2n) is 6.18. The Morgan fingerprint density at radius 1 is 1.08 bits per heavy atom. The SMILES string of the molecule is CC(C)Sc1ccc(C(=O)N(C)Cc2ccc(OCC(=O)O)cc2)cc1. The minimum Gasteiger partial charge on any atom is -0.482 e. The van der Waals surface area contributed by atoms with Gasteiger partial charge in [0.15, 0.2) is 6.61 Å². The van der Waals surface area contributed by atoms with Gasteiger partial charge in [0.1, 0.15) is 5.75 Å². The normalized spacial score (nSPS) is 10.6. The van der Waals surface area contributed by atoms with Gasteiger partial charge in [0.25, 0.3) is 5.91 Å². The fourth-order valence-corrected chi connectivity index (χ4v) is 3.19. The minimum atomic E-state index is -1.02.